The molecule has 2 fully saturated rings. The van der Waals surface area contributed by atoms with Crippen LogP contribution in [0.25, 0.3) is 0 Å². The fourth-order valence-electron chi connectivity index (χ4n) is 2.82. The van der Waals surface area contributed by atoms with Crippen LogP contribution in [0, 0.1) is 0 Å². The van der Waals surface area contributed by atoms with Crippen LogP contribution in [-0.2, 0) is 0 Å². The molecule has 0 bridgehead atoms. The minimum atomic E-state index is 0.726. The molecule has 1 saturated heterocycles. The van der Waals surface area contributed by atoms with E-state index in [1.54, 1.807) is 0 Å². The quantitative estimate of drug-likeness (QED) is 0.829. The Bertz CT molecular complexity index is 349. The van der Waals surface area contributed by atoms with Crippen LogP contribution in [0.3, 0.4) is 0 Å². The van der Waals surface area contributed by atoms with Crippen molar-refractivity contribution in [1.29, 1.82) is 0 Å². The van der Waals surface area contributed by atoms with Gasteiger partial charge in [0.15, 0.2) is 0 Å². The summed E-state index contributed by atoms with van der Waals surface area (Å²) in [6.45, 7) is 2.47. The fourth-order valence-corrected chi connectivity index (χ4v) is 2.82. The van der Waals surface area contributed by atoms with Gasteiger partial charge in [0, 0.05) is 24.5 Å². The number of hydrogen-bond acceptors (Lipinski definition) is 2. The second kappa shape index (κ2) is 4.19. The minimum Gasteiger partial charge on any atom is -0.309 e. The van der Waals surface area contributed by atoms with Crippen molar-refractivity contribution < 1.29 is 0 Å². The summed E-state index contributed by atoms with van der Waals surface area (Å²) in [5.74, 6) is 0.770. The normalized spacial score (nSPS) is 34.2. The number of rotatable bonds is 3. The lowest BCUT2D eigenvalue weighted by molar-refractivity contribution is 0.397. The largest absolute Gasteiger partial charge is 0.309 e. The summed E-state index contributed by atoms with van der Waals surface area (Å²) in [5, 5.41) is 3.79. The molecule has 1 aliphatic carbocycles. The minimum absolute atomic E-state index is 0.726. The molecule has 0 amide bonds. The van der Waals surface area contributed by atoms with Crippen LogP contribution in [-0.4, -0.2) is 37.1 Å². The number of nitrogens with zero attached hydrogens (tertiary/aromatic N) is 1. The molecular weight excluding hydrogens is 196 g/mol. The van der Waals surface area contributed by atoms with Gasteiger partial charge in [0.25, 0.3) is 0 Å². The zero-order chi connectivity index (χ0) is 11.0. The molecule has 0 radical (unpaired) electrons. The second-order valence-corrected chi connectivity index (χ2v) is 5.27. The summed E-state index contributed by atoms with van der Waals surface area (Å²) < 4.78 is 0. The van der Waals surface area contributed by atoms with Crippen LogP contribution >= 0.6 is 0 Å². The van der Waals surface area contributed by atoms with Crippen molar-refractivity contribution >= 4 is 0 Å². The molecular formula is C14H20N2. The van der Waals surface area contributed by atoms with Crippen molar-refractivity contribution in [3.63, 3.8) is 0 Å². The summed E-state index contributed by atoms with van der Waals surface area (Å²) in [5.41, 5.74) is 1.51. The molecule has 16 heavy (non-hydrogen) atoms. The Morgan fingerprint density at radius 3 is 2.75 bits per heavy atom. The molecule has 1 aliphatic heterocycles. The Labute approximate surface area is 97.6 Å². The molecule has 1 saturated carbocycles. The number of benzene rings is 1. The maximum atomic E-state index is 3.79. The second-order valence-electron chi connectivity index (χ2n) is 5.27. The van der Waals surface area contributed by atoms with Gasteiger partial charge in [0.1, 0.15) is 0 Å². The fraction of sp³-hybridized carbons (Fsp3) is 0.571. The molecule has 3 rings (SSSR count). The Balaban J connectivity index is 1.53. The highest BCUT2D eigenvalue weighted by molar-refractivity contribution is 5.27. The van der Waals surface area contributed by atoms with Crippen LogP contribution < -0.4 is 5.32 Å². The lowest BCUT2D eigenvalue weighted by Gasteiger charge is -2.12. The van der Waals surface area contributed by atoms with E-state index in [9.17, 15) is 0 Å². The van der Waals surface area contributed by atoms with Crippen molar-refractivity contribution in [2.24, 2.45) is 0 Å². The van der Waals surface area contributed by atoms with E-state index >= 15 is 0 Å². The molecule has 3 atom stereocenters. The SMILES string of the molecule is CN1CCC(NC2CC2c2ccccc2)C1. The van der Waals surface area contributed by atoms with Gasteiger partial charge in [-0.2, -0.15) is 0 Å². The number of nitrogens with one attached hydrogen (secondary N) is 1. The molecule has 2 heteroatoms. The molecule has 3 unspecified atom stereocenters. The zero-order valence-electron chi connectivity index (χ0n) is 9.89. The van der Waals surface area contributed by atoms with Crippen LogP contribution in [0.4, 0.5) is 0 Å². The van der Waals surface area contributed by atoms with Crippen LogP contribution in [0.2, 0.25) is 0 Å². The summed E-state index contributed by atoms with van der Waals surface area (Å²) in [6, 6.07) is 12.4. The molecule has 0 aromatic heterocycles. The predicted molar refractivity (Wildman–Crippen MR) is 66.6 cm³/mol. The first kappa shape index (κ1) is 10.3. The van der Waals surface area contributed by atoms with Crippen LogP contribution in [0.1, 0.15) is 24.3 Å². The summed E-state index contributed by atoms with van der Waals surface area (Å²) in [7, 11) is 2.21. The third-order valence-electron chi connectivity index (χ3n) is 3.86. The van der Waals surface area contributed by atoms with Gasteiger partial charge >= 0.3 is 0 Å². The molecule has 1 heterocycles. The van der Waals surface area contributed by atoms with Crippen molar-refractivity contribution in [2.45, 2.75) is 30.8 Å². The van der Waals surface area contributed by atoms with E-state index in [2.05, 4.69) is 47.6 Å². The van der Waals surface area contributed by atoms with Gasteiger partial charge < -0.3 is 10.2 Å². The lowest BCUT2D eigenvalue weighted by atomic mass is 10.1. The maximum absolute atomic E-state index is 3.79. The Kier molecular flexibility index (Phi) is 2.70. The number of likely N-dealkylation sites (tertiary alicyclic amines) is 1. The highest BCUT2D eigenvalue weighted by atomic mass is 15.2. The van der Waals surface area contributed by atoms with Crippen molar-refractivity contribution in [3.05, 3.63) is 35.9 Å². The monoisotopic (exact) mass is 216 g/mol. The topological polar surface area (TPSA) is 15.3 Å². The Morgan fingerprint density at radius 1 is 1.25 bits per heavy atom. The van der Waals surface area contributed by atoms with E-state index in [1.165, 1.54) is 31.5 Å². The first-order valence-corrected chi connectivity index (χ1v) is 6.32. The van der Waals surface area contributed by atoms with E-state index in [1.807, 2.05) is 0 Å². The average molecular weight is 216 g/mol. The maximum Gasteiger partial charge on any atom is 0.0209 e. The van der Waals surface area contributed by atoms with E-state index in [0.717, 1.165) is 18.0 Å². The molecule has 0 spiro atoms. The molecule has 2 nitrogen and oxygen atoms in total. The van der Waals surface area contributed by atoms with Gasteiger partial charge in [-0.1, -0.05) is 30.3 Å². The Hall–Kier alpha value is -0.860. The third-order valence-corrected chi connectivity index (χ3v) is 3.86. The Morgan fingerprint density at radius 2 is 2.06 bits per heavy atom. The van der Waals surface area contributed by atoms with Crippen molar-refractivity contribution in [1.82, 2.24) is 10.2 Å². The zero-order valence-corrected chi connectivity index (χ0v) is 9.89. The molecule has 2 aliphatic rings. The molecule has 86 valence electrons. The number of hydrogen-bond donors (Lipinski definition) is 1. The smallest absolute Gasteiger partial charge is 0.0209 e. The van der Waals surface area contributed by atoms with E-state index in [4.69, 9.17) is 0 Å². The van der Waals surface area contributed by atoms with Gasteiger partial charge in [0.2, 0.25) is 0 Å². The number of likely N-dealkylation sites (N-methyl/N-ethyl adjacent to an activating group) is 1. The highest BCUT2D eigenvalue weighted by Crippen LogP contribution is 2.41. The summed E-state index contributed by atoms with van der Waals surface area (Å²) in [6.07, 6.45) is 2.64. The molecule has 1 N–H and O–H groups in total. The van der Waals surface area contributed by atoms with Gasteiger partial charge in [-0.3, -0.25) is 0 Å². The first-order chi connectivity index (χ1) is 7.83. The molecule has 1 aromatic carbocycles. The van der Waals surface area contributed by atoms with Gasteiger partial charge in [-0.25, -0.2) is 0 Å². The van der Waals surface area contributed by atoms with Crippen molar-refractivity contribution in [2.75, 3.05) is 20.1 Å². The summed E-state index contributed by atoms with van der Waals surface area (Å²) >= 11 is 0. The van der Waals surface area contributed by atoms with E-state index < -0.39 is 0 Å². The van der Waals surface area contributed by atoms with E-state index in [-0.39, 0.29) is 0 Å². The van der Waals surface area contributed by atoms with E-state index in [0.29, 0.717) is 0 Å². The highest BCUT2D eigenvalue weighted by Gasteiger charge is 2.39. The predicted octanol–water partition coefficient (Wildman–Crippen LogP) is 1.84. The molecule has 1 aromatic rings. The lowest BCUT2D eigenvalue weighted by Crippen LogP contribution is -2.33. The first-order valence-electron chi connectivity index (χ1n) is 6.32. The van der Waals surface area contributed by atoms with Gasteiger partial charge in [-0.05, 0) is 32.0 Å². The van der Waals surface area contributed by atoms with Crippen LogP contribution in [0.15, 0.2) is 30.3 Å². The standard InChI is InChI=1S/C14H20N2/c1-16-8-7-12(10-16)15-14-9-13(14)11-5-3-2-4-6-11/h2-6,12-15H,7-10H2,1H3. The van der Waals surface area contributed by atoms with Gasteiger partial charge in [0.05, 0.1) is 0 Å². The van der Waals surface area contributed by atoms with Crippen molar-refractivity contribution in [3.8, 4) is 0 Å². The third kappa shape index (κ3) is 2.13. The average Bonchev–Trinajstić information content (AvgIpc) is 2.95. The van der Waals surface area contributed by atoms with Gasteiger partial charge in [-0.15, -0.1) is 0 Å². The summed E-state index contributed by atoms with van der Waals surface area (Å²) in [4.78, 5) is 2.41. The van der Waals surface area contributed by atoms with Crippen LogP contribution in [0.5, 0.6) is 0 Å².